The molecule has 1 saturated carbocycles. The number of fused-ring (bicyclic) bond motifs is 1. The zero-order valence-corrected chi connectivity index (χ0v) is 15.0. The summed E-state index contributed by atoms with van der Waals surface area (Å²) in [6.07, 6.45) is 4.69. The summed E-state index contributed by atoms with van der Waals surface area (Å²) >= 11 is 0. The molecule has 1 aromatic carbocycles. The average molecular weight is 331 g/mol. The summed E-state index contributed by atoms with van der Waals surface area (Å²) in [5.74, 6) is 0. The number of para-hydroxylation sites is 1. The fourth-order valence-corrected chi connectivity index (χ4v) is 3.28. The molecule has 1 N–H and O–H groups in total. The van der Waals surface area contributed by atoms with Crippen LogP contribution >= 0.6 is 0 Å². The summed E-state index contributed by atoms with van der Waals surface area (Å²) in [7, 11) is 3.50. The van der Waals surface area contributed by atoms with Crippen molar-refractivity contribution >= 4 is 10.9 Å². The molecule has 1 atom stereocenters. The van der Waals surface area contributed by atoms with Crippen LogP contribution < -0.4 is 5.32 Å². The first-order chi connectivity index (χ1) is 11.7. The van der Waals surface area contributed by atoms with E-state index in [1.54, 1.807) is 14.2 Å². The lowest BCUT2D eigenvalue weighted by Crippen LogP contribution is -2.21. The van der Waals surface area contributed by atoms with Crippen molar-refractivity contribution in [3.05, 3.63) is 29.5 Å². The Hall–Kier alpha value is -1.43. The molecule has 5 nitrogen and oxygen atoms in total. The third-order valence-corrected chi connectivity index (χ3v) is 4.62. The quantitative estimate of drug-likeness (QED) is 0.678. The number of aryl methyl sites for hydroxylation is 1. The normalized spacial score (nSPS) is 16.0. The van der Waals surface area contributed by atoms with Crippen LogP contribution in [0.1, 0.15) is 49.9 Å². The van der Waals surface area contributed by atoms with Gasteiger partial charge in [0.05, 0.1) is 17.8 Å². The number of nitrogens with one attached hydrogen (secondary N) is 1. The van der Waals surface area contributed by atoms with Crippen LogP contribution in [-0.2, 0) is 22.6 Å². The minimum atomic E-state index is 0.276. The molecule has 1 unspecified atom stereocenters. The highest BCUT2D eigenvalue weighted by Crippen LogP contribution is 2.30. The Morgan fingerprint density at radius 3 is 2.79 bits per heavy atom. The van der Waals surface area contributed by atoms with E-state index in [1.165, 1.54) is 29.3 Å². The van der Waals surface area contributed by atoms with E-state index in [4.69, 9.17) is 14.6 Å². The van der Waals surface area contributed by atoms with Crippen molar-refractivity contribution in [2.75, 3.05) is 20.8 Å². The van der Waals surface area contributed by atoms with Gasteiger partial charge in [0.2, 0.25) is 0 Å². The van der Waals surface area contributed by atoms with Crippen molar-refractivity contribution < 1.29 is 9.47 Å². The number of nitrogens with zero attached hydrogens (tertiary/aromatic N) is 2. The van der Waals surface area contributed by atoms with Gasteiger partial charge < -0.3 is 14.8 Å². The Kier molecular flexibility index (Phi) is 5.87. The van der Waals surface area contributed by atoms with Crippen molar-refractivity contribution in [3.8, 4) is 0 Å². The van der Waals surface area contributed by atoms with Crippen molar-refractivity contribution in [1.29, 1.82) is 0 Å². The molecule has 0 radical (unpaired) electrons. The van der Waals surface area contributed by atoms with Gasteiger partial charge in [-0.1, -0.05) is 18.2 Å². The summed E-state index contributed by atoms with van der Waals surface area (Å²) in [4.78, 5) is 0. The Bertz CT molecular complexity index is 664. The second-order valence-electron chi connectivity index (χ2n) is 6.72. The molecular weight excluding hydrogens is 302 g/mol. The molecular formula is C19H29N3O2. The Labute approximate surface area is 144 Å². The van der Waals surface area contributed by atoms with Gasteiger partial charge in [-0.15, -0.1) is 0 Å². The minimum Gasteiger partial charge on any atom is -0.385 e. The number of methoxy groups -OCH3 is 2. The maximum absolute atomic E-state index is 5.40. The average Bonchev–Trinajstić information content (AvgIpc) is 3.31. The summed E-state index contributed by atoms with van der Waals surface area (Å²) < 4.78 is 12.7. The van der Waals surface area contributed by atoms with Crippen molar-refractivity contribution in [2.45, 2.75) is 57.8 Å². The van der Waals surface area contributed by atoms with Crippen LogP contribution in [0.3, 0.4) is 0 Å². The number of benzene rings is 1. The van der Waals surface area contributed by atoms with Crippen LogP contribution in [0, 0.1) is 0 Å². The van der Waals surface area contributed by atoms with E-state index in [9.17, 15) is 0 Å². The predicted molar refractivity (Wildman–Crippen MR) is 96.1 cm³/mol. The summed E-state index contributed by atoms with van der Waals surface area (Å²) in [5.41, 5.74) is 3.58. The molecule has 24 heavy (non-hydrogen) atoms. The van der Waals surface area contributed by atoms with Crippen LogP contribution in [0.4, 0.5) is 0 Å². The molecule has 2 aromatic rings. The lowest BCUT2D eigenvalue weighted by atomic mass is 10.1. The third kappa shape index (κ3) is 3.97. The maximum Gasteiger partial charge on any atom is 0.0870 e. The fraction of sp³-hybridized carbons (Fsp3) is 0.632. The lowest BCUT2D eigenvalue weighted by molar-refractivity contribution is 0.185. The molecule has 132 valence electrons. The number of aromatic nitrogens is 2. The van der Waals surface area contributed by atoms with Gasteiger partial charge in [-0.25, -0.2) is 0 Å². The molecule has 3 rings (SSSR count). The largest absolute Gasteiger partial charge is 0.385 e. The molecule has 1 fully saturated rings. The Balaban J connectivity index is 1.90. The molecule has 1 aliphatic rings. The minimum absolute atomic E-state index is 0.276. The first-order valence-corrected chi connectivity index (χ1v) is 8.96. The predicted octanol–water partition coefficient (Wildman–Crippen LogP) is 3.42. The highest BCUT2D eigenvalue weighted by molar-refractivity contribution is 5.85. The van der Waals surface area contributed by atoms with Gasteiger partial charge in [-0.3, -0.25) is 4.68 Å². The summed E-state index contributed by atoms with van der Waals surface area (Å²) in [6, 6.07) is 7.39. The summed E-state index contributed by atoms with van der Waals surface area (Å²) in [6.45, 7) is 4.55. The van der Waals surface area contributed by atoms with Crippen LogP contribution in [0.2, 0.25) is 0 Å². The van der Waals surface area contributed by atoms with Gasteiger partial charge in [0.15, 0.2) is 0 Å². The zero-order chi connectivity index (χ0) is 16.9. The van der Waals surface area contributed by atoms with E-state index >= 15 is 0 Å². The molecule has 0 spiro atoms. The first-order valence-electron chi connectivity index (χ1n) is 8.96. The van der Waals surface area contributed by atoms with Gasteiger partial charge in [0.1, 0.15) is 0 Å². The van der Waals surface area contributed by atoms with Crippen molar-refractivity contribution in [3.63, 3.8) is 0 Å². The summed E-state index contributed by atoms with van der Waals surface area (Å²) in [5, 5.41) is 9.89. The number of unbranched alkanes of at least 4 members (excludes halogenated alkanes) is 1. The topological polar surface area (TPSA) is 48.3 Å². The number of hydrogen-bond donors (Lipinski definition) is 1. The first kappa shape index (κ1) is 17.4. The fourth-order valence-electron chi connectivity index (χ4n) is 3.28. The lowest BCUT2D eigenvalue weighted by Gasteiger charge is -2.10. The van der Waals surface area contributed by atoms with E-state index in [0.717, 1.165) is 31.7 Å². The second-order valence-corrected chi connectivity index (χ2v) is 6.72. The highest BCUT2D eigenvalue weighted by Gasteiger charge is 2.26. The van der Waals surface area contributed by atoms with E-state index in [-0.39, 0.29) is 6.04 Å². The Morgan fingerprint density at radius 2 is 2.08 bits per heavy atom. The van der Waals surface area contributed by atoms with Crippen molar-refractivity contribution in [2.24, 2.45) is 0 Å². The van der Waals surface area contributed by atoms with E-state index in [2.05, 4.69) is 35.1 Å². The van der Waals surface area contributed by atoms with Gasteiger partial charge in [0, 0.05) is 50.4 Å². The van der Waals surface area contributed by atoms with E-state index < -0.39 is 0 Å². The molecule has 0 aliphatic heterocycles. The van der Waals surface area contributed by atoms with Gasteiger partial charge in [-0.05, 0) is 32.6 Å². The standard InChI is InChI=1S/C19H29N3O2/c1-14(20-16-9-10-16)18-17-8-6-7-15(13-24-3)19(17)22(21-18)11-4-5-12-23-2/h6-8,14,16,20H,4-5,9-13H2,1-3H3. The van der Waals surface area contributed by atoms with E-state index in [1.807, 2.05) is 0 Å². The number of rotatable bonds is 10. The van der Waals surface area contributed by atoms with Crippen molar-refractivity contribution in [1.82, 2.24) is 15.1 Å². The smallest absolute Gasteiger partial charge is 0.0870 e. The van der Waals surface area contributed by atoms with Crippen LogP contribution in [0.5, 0.6) is 0 Å². The van der Waals surface area contributed by atoms with E-state index in [0.29, 0.717) is 12.6 Å². The van der Waals surface area contributed by atoms with Crippen LogP contribution in [-0.4, -0.2) is 36.6 Å². The molecule has 0 bridgehead atoms. The molecule has 0 saturated heterocycles. The number of ether oxygens (including phenoxy) is 2. The Morgan fingerprint density at radius 1 is 1.25 bits per heavy atom. The maximum atomic E-state index is 5.40. The molecule has 0 amide bonds. The zero-order valence-electron chi connectivity index (χ0n) is 15.0. The van der Waals surface area contributed by atoms with Gasteiger partial charge >= 0.3 is 0 Å². The molecule has 5 heteroatoms. The highest BCUT2D eigenvalue weighted by atomic mass is 16.5. The molecule has 1 aromatic heterocycles. The van der Waals surface area contributed by atoms with Crippen LogP contribution in [0.25, 0.3) is 10.9 Å². The number of hydrogen-bond acceptors (Lipinski definition) is 4. The third-order valence-electron chi connectivity index (χ3n) is 4.62. The monoisotopic (exact) mass is 331 g/mol. The van der Waals surface area contributed by atoms with Gasteiger partial charge in [-0.2, -0.15) is 5.10 Å². The van der Waals surface area contributed by atoms with Crippen LogP contribution in [0.15, 0.2) is 18.2 Å². The van der Waals surface area contributed by atoms with Gasteiger partial charge in [0.25, 0.3) is 0 Å². The SMILES string of the molecule is COCCCCn1nc(C(C)NC2CC2)c2cccc(COC)c21. The second kappa shape index (κ2) is 8.10. The molecule has 1 aliphatic carbocycles. The molecule has 1 heterocycles.